The van der Waals surface area contributed by atoms with E-state index in [4.69, 9.17) is 0 Å². The van der Waals surface area contributed by atoms with Gasteiger partial charge in [-0.2, -0.15) is 0 Å². The summed E-state index contributed by atoms with van der Waals surface area (Å²) in [6.07, 6.45) is 4.71. The molecule has 2 aliphatic heterocycles. The monoisotopic (exact) mass is 330 g/mol. The van der Waals surface area contributed by atoms with Crippen LogP contribution >= 0.6 is 12.4 Å². The summed E-state index contributed by atoms with van der Waals surface area (Å²) in [5, 5.41) is 5.95. The van der Waals surface area contributed by atoms with Crippen molar-refractivity contribution in [3.63, 3.8) is 0 Å². The summed E-state index contributed by atoms with van der Waals surface area (Å²) in [7, 11) is 1.97. The number of rotatable bonds is 2. The third kappa shape index (κ3) is 3.08. The summed E-state index contributed by atoms with van der Waals surface area (Å²) in [5.41, 5.74) is 0.798. The van der Waals surface area contributed by atoms with Gasteiger partial charge in [-0.3, -0.25) is 4.79 Å². The van der Waals surface area contributed by atoms with Crippen molar-refractivity contribution in [3.05, 3.63) is 48.0 Å². The molecule has 2 heterocycles. The standard InChI is InChI=1S/C19H22N2O.ClH/c1-21(18-11-16-8-9-17(12-18)20-16)19(22)15-7-6-13-4-2-3-5-14(13)10-15;/h2-7,10,16-18,20H,8-9,11-12H2,1H3;1H. The largest absolute Gasteiger partial charge is 0.339 e. The van der Waals surface area contributed by atoms with Crippen molar-refractivity contribution >= 4 is 29.1 Å². The average molecular weight is 331 g/mol. The zero-order valence-corrected chi connectivity index (χ0v) is 14.2. The fourth-order valence-corrected chi connectivity index (χ4v) is 4.04. The van der Waals surface area contributed by atoms with E-state index in [1.807, 2.05) is 42.3 Å². The molecule has 0 spiro atoms. The van der Waals surface area contributed by atoms with Gasteiger partial charge in [0.1, 0.15) is 0 Å². The van der Waals surface area contributed by atoms with E-state index >= 15 is 0 Å². The number of nitrogens with one attached hydrogen (secondary N) is 1. The molecule has 0 saturated carbocycles. The van der Waals surface area contributed by atoms with Crippen molar-refractivity contribution in [2.45, 2.75) is 43.8 Å². The smallest absolute Gasteiger partial charge is 0.253 e. The molecule has 0 aliphatic carbocycles. The second-order valence-corrected chi connectivity index (χ2v) is 6.74. The van der Waals surface area contributed by atoms with Crippen LogP contribution in [-0.2, 0) is 0 Å². The zero-order valence-electron chi connectivity index (χ0n) is 13.4. The number of halogens is 1. The van der Waals surface area contributed by atoms with Crippen molar-refractivity contribution in [3.8, 4) is 0 Å². The van der Waals surface area contributed by atoms with Crippen molar-refractivity contribution in [2.75, 3.05) is 7.05 Å². The Morgan fingerprint density at radius 2 is 1.70 bits per heavy atom. The van der Waals surface area contributed by atoms with Gasteiger partial charge in [-0.25, -0.2) is 0 Å². The van der Waals surface area contributed by atoms with E-state index in [9.17, 15) is 4.79 Å². The number of carbonyl (C=O) groups is 1. The van der Waals surface area contributed by atoms with Gasteiger partial charge in [-0.15, -0.1) is 12.4 Å². The normalized spacial score (nSPS) is 25.9. The molecule has 2 unspecified atom stereocenters. The molecule has 4 heteroatoms. The molecular formula is C19H23ClN2O. The highest BCUT2D eigenvalue weighted by atomic mass is 35.5. The summed E-state index contributed by atoms with van der Waals surface area (Å²) in [5.74, 6) is 0.150. The zero-order chi connectivity index (χ0) is 15.1. The Bertz CT molecular complexity index is 705. The third-order valence-corrected chi connectivity index (χ3v) is 5.31. The Morgan fingerprint density at radius 1 is 1.04 bits per heavy atom. The number of fused-ring (bicyclic) bond motifs is 3. The number of hydrogen-bond acceptors (Lipinski definition) is 2. The predicted molar refractivity (Wildman–Crippen MR) is 96.3 cm³/mol. The van der Waals surface area contributed by atoms with Crippen LogP contribution in [0.25, 0.3) is 10.8 Å². The molecule has 23 heavy (non-hydrogen) atoms. The third-order valence-electron chi connectivity index (χ3n) is 5.31. The van der Waals surface area contributed by atoms with Crippen LogP contribution in [0.3, 0.4) is 0 Å². The van der Waals surface area contributed by atoms with Crippen LogP contribution in [0.1, 0.15) is 36.0 Å². The molecule has 2 saturated heterocycles. The van der Waals surface area contributed by atoms with Gasteiger partial charge >= 0.3 is 0 Å². The number of carbonyl (C=O) groups excluding carboxylic acids is 1. The number of piperidine rings is 1. The molecule has 1 N–H and O–H groups in total. The molecule has 122 valence electrons. The minimum absolute atomic E-state index is 0. The van der Waals surface area contributed by atoms with Gasteiger partial charge in [0.15, 0.2) is 0 Å². The summed E-state index contributed by atoms with van der Waals surface area (Å²) in [4.78, 5) is 14.8. The highest BCUT2D eigenvalue weighted by Gasteiger charge is 2.36. The minimum atomic E-state index is 0. The Kier molecular flexibility index (Phi) is 4.60. The van der Waals surface area contributed by atoms with Crippen LogP contribution < -0.4 is 5.32 Å². The first kappa shape index (κ1) is 16.3. The highest BCUT2D eigenvalue weighted by molar-refractivity contribution is 5.98. The van der Waals surface area contributed by atoms with Gasteiger partial charge in [0, 0.05) is 30.7 Å². The van der Waals surface area contributed by atoms with Crippen LogP contribution in [0.5, 0.6) is 0 Å². The molecule has 2 aromatic carbocycles. The Hall–Kier alpha value is -1.58. The molecule has 2 fully saturated rings. The molecule has 4 rings (SSSR count). The maximum Gasteiger partial charge on any atom is 0.253 e. The molecule has 2 aliphatic rings. The van der Waals surface area contributed by atoms with Crippen molar-refractivity contribution < 1.29 is 4.79 Å². The topological polar surface area (TPSA) is 32.3 Å². The SMILES string of the molecule is CN(C(=O)c1ccc2ccccc2c1)C1CC2CCC(C1)N2.Cl. The lowest BCUT2D eigenvalue weighted by atomic mass is 9.97. The van der Waals surface area contributed by atoms with Gasteiger partial charge < -0.3 is 10.2 Å². The Labute approximate surface area is 143 Å². The van der Waals surface area contributed by atoms with Crippen molar-refractivity contribution in [1.29, 1.82) is 0 Å². The molecule has 2 aromatic rings. The maximum absolute atomic E-state index is 12.8. The van der Waals surface area contributed by atoms with E-state index in [1.165, 1.54) is 18.2 Å². The lowest BCUT2D eigenvalue weighted by Crippen LogP contribution is -2.48. The lowest BCUT2D eigenvalue weighted by molar-refractivity contribution is 0.0682. The molecule has 0 radical (unpaired) electrons. The van der Waals surface area contributed by atoms with Gasteiger partial charge in [0.25, 0.3) is 5.91 Å². The summed E-state index contributed by atoms with van der Waals surface area (Å²) < 4.78 is 0. The van der Waals surface area contributed by atoms with Gasteiger partial charge in [-0.1, -0.05) is 30.3 Å². The predicted octanol–water partition coefficient (Wildman–Crippen LogP) is 3.62. The molecule has 2 bridgehead atoms. The number of nitrogens with zero attached hydrogens (tertiary/aromatic N) is 1. The summed E-state index contributed by atoms with van der Waals surface area (Å²) in [6.45, 7) is 0. The van der Waals surface area contributed by atoms with E-state index in [0.29, 0.717) is 18.1 Å². The number of benzene rings is 2. The summed E-state index contributed by atoms with van der Waals surface area (Å²) in [6, 6.07) is 15.8. The summed E-state index contributed by atoms with van der Waals surface area (Å²) >= 11 is 0. The van der Waals surface area contributed by atoms with Gasteiger partial charge in [0.05, 0.1) is 0 Å². The van der Waals surface area contributed by atoms with Crippen molar-refractivity contribution in [2.24, 2.45) is 0 Å². The fraction of sp³-hybridized carbons (Fsp3) is 0.421. The van der Waals surface area contributed by atoms with Crippen LogP contribution in [0, 0.1) is 0 Å². The molecule has 0 aromatic heterocycles. The van der Waals surface area contributed by atoms with E-state index in [2.05, 4.69) is 17.4 Å². The quantitative estimate of drug-likeness (QED) is 0.912. The first-order chi connectivity index (χ1) is 10.7. The van der Waals surface area contributed by atoms with E-state index < -0.39 is 0 Å². The fourth-order valence-electron chi connectivity index (χ4n) is 4.04. The lowest BCUT2D eigenvalue weighted by Gasteiger charge is -2.35. The molecular weight excluding hydrogens is 308 g/mol. The maximum atomic E-state index is 12.8. The Balaban J connectivity index is 0.00000156. The van der Waals surface area contributed by atoms with Crippen LogP contribution in [-0.4, -0.2) is 36.0 Å². The highest BCUT2D eigenvalue weighted by Crippen LogP contribution is 2.30. The van der Waals surface area contributed by atoms with Gasteiger partial charge in [0.2, 0.25) is 0 Å². The number of amides is 1. The molecule has 1 amide bonds. The van der Waals surface area contributed by atoms with Gasteiger partial charge in [-0.05, 0) is 48.6 Å². The van der Waals surface area contributed by atoms with Crippen LogP contribution in [0.2, 0.25) is 0 Å². The molecule has 3 nitrogen and oxygen atoms in total. The van der Waals surface area contributed by atoms with E-state index in [1.54, 1.807) is 0 Å². The van der Waals surface area contributed by atoms with E-state index in [-0.39, 0.29) is 18.3 Å². The molecule has 2 atom stereocenters. The van der Waals surface area contributed by atoms with E-state index in [0.717, 1.165) is 23.8 Å². The first-order valence-electron chi connectivity index (χ1n) is 8.23. The van der Waals surface area contributed by atoms with Crippen molar-refractivity contribution in [1.82, 2.24) is 10.2 Å². The second-order valence-electron chi connectivity index (χ2n) is 6.74. The second kappa shape index (κ2) is 6.50. The average Bonchev–Trinajstić information content (AvgIpc) is 2.91. The first-order valence-corrected chi connectivity index (χ1v) is 8.23. The van der Waals surface area contributed by atoms with Crippen LogP contribution in [0.4, 0.5) is 0 Å². The van der Waals surface area contributed by atoms with Crippen LogP contribution in [0.15, 0.2) is 42.5 Å². The Morgan fingerprint density at radius 3 is 2.39 bits per heavy atom. The number of hydrogen-bond donors (Lipinski definition) is 1. The minimum Gasteiger partial charge on any atom is -0.339 e.